The minimum Gasteiger partial charge on any atom is -0.288 e. The molecule has 0 atom stereocenters. The zero-order valence-corrected chi connectivity index (χ0v) is 14.9. The van der Waals surface area contributed by atoms with Gasteiger partial charge in [0.15, 0.2) is 11.6 Å². The lowest BCUT2D eigenvalue weighted by Gasteiger charge is -2.33. The van der Waals surface area contributed by atoms with Crippen LogP contribution in [-0.2, 0) is 0 Å². The molecule has 3 rings (SSSR count). The Morgan fingerprint density at radius 1 is 1.08 bits per heavy atom. The van der Waals surface area contributed by atoms with E-state index in [1.165, 1.54) is 24.0 Å². The number of hydrogen-bond donors (Lipinski definition) is 0. The highest BCUT2D eigenvalue weighted by atomic mass is 16.2. The van der Waals surface area contributed by atoms with Gasteiger partial charge in [0.25, 0.3) is 0 Å². The Morgan fingerprint density at radius 3 is 2.21 bits per heavy atom. The monoisotopic (exact) mass is 320 g/mol. The highest BCUT2D eigenvalue weighted by Crippen LogP contribution is 2.41. The van der Waals surface area contributed by atoms with Crippen molar-refractivity contribution in [3.63, 3.8) is 0 Å². The molecule has 0 N–H and O–H groups in total. The summed E-state index contributed by atoms with van der Waals surface area (Å²) in [5.41, 5.74) is 5.02. The maximum absolute atomic E-state index is 12.6. The van der Waals surface area contributed by atoms with Crippen molar-refractivity contribution >= 4 is 11.6 Å². The van der Waals surface area contributed by atoms with Crippen molar-refractivity contribution in [3.8, 4) is 0 Å². The van der Waals surface area contributed by atoms with Gasteiger partial charge in [0, 0.05) is 11.1 Å². The number of hydrogen-bond acceptors (Lipinski definition) is 2. The molecule has 0 saturated heterocycles. The summed E-state index contributed by atoms with van der Waals surface area (Å²) in [6, 6.07) is 7.07. The zero-order valence-electron chi connectivity index (χ0n) is 14.9. The smallest absolute Gasteiger partial charge is 0.197 e. The predicted octanol–water partition coefficient (Wildman–Crippen LogP) is 5.46. The minimum absolute atomic E-state index is 0.147. The maximum Gasteiger partial charge on any atom is 0.197 e. The molecule has 1 aromatic carbocycles. The molecular weight excluding hydrogens is 296 g/mol. The Labute approximate surface area is 144 Å². The first-order valence-electron chi connectivity index (χ1n) is 8.60. The molecule has 124 valence electrons. The molecule has 24 heavy (non-hydrogen) atoms. The van der Waals surface area contributed by atoms with E-state index in [1.54, 1.807) is 24.3 Å². The summed E-state index contributed by atoms with van der Waals surface area (Å²) in [4.78, 5) is 25.1. The molecule has 0 aromatic heterocycles. The summed E-state index contributed by atoms with van der Waals surface area (Å²) < 4.78 is 0. The molecule has 0 bridgehead atoms. The molecule has 2 aliphatic rings. The zero-order chi connectivity index (χ0) is 17.5. The first-order chi connectivity index (χ1) is 11.3. The van der Waals surface area contributed by atoms with Gasteiger partial charge in [-0.15, -0.1) is 0 Å². The van der Waals surface area contributed by atoms with Crippen molar-refractivity contribution in [2.75, 3.05) is 0 Å². The van der Waals surface area contributed by atoms with Gasteiger partial charge in [-0.2, -0.15) is 0 Å². The van der Waals surface area contributed by atoms with Crippen LogP contribution in [0, 0.1) is 5.41 Å². The molecular formula is C22H24O2. The van der Waals surface area contributed by atoms with Gasteiger partial charge in [0.2, 0.25) is 0 Å². The van der Waals surface area contributed by atoms with E-state index in [0.717, 1.165) is 12.0 Å². The van der Waals surface area contributed by atoms with Crippen LogP contribution in [0.2, 0.25) is 0 Å². The quantitative estimate of drug-likeness (QED) is 0.535. The lowest BCUT2D eigenvalue weighted by atomic mass is 9.72. The molecule has 2 nitrogen and oxygen atoms in total. The van der Waals surface area contributed by atoms with Crippen LogP contribution in [0.3, 0.4) is 0 Å². The SMILES string of the molecule is CC(/C=C/C1=C(C)CCCC1(C)C)=C1C(=O)c2ccccc2C1=O. The standard InChI is InChI=1S/C22H24O2/c1-14-8-7-13-22(3,4)18(14)12-11-15(2)19-20(23)16-9-5-6-10-17(16)21(19)24/h5-6,9-12H,7-8,13H2,1-4H3/b12-11+. The Balaban J connectivity index is 1.98. The second kappa shape index (κ2) is 6.01. The summed E-state index contributed by atoms with van der Waals surface area (Å²) in [5, 5.41) is 0. The second-order valence-corrected chi connectivity index (χ2v) is 7.53. The largest absolute Gasteiger partial charge is 0.288 e. The van der Waals surface area contributed by atoms with Crippen molar-refractivity contribution in [1.82, 2.24) is 0 Å². The fourth-order valence-corrected chi connectivity index (χ4v) is 3.91. The number of ketones is 2. The number of benzene rings is 1. The van der Waals surface area contributed by atoms with Gasteiger partial charge in [-0.1, -0.05) is 55.8 Å². The van der Waals surface area contributed by atoms with Crippen LogP contribution in [0.1, 0.15) is 67.7 Å². The Morgan fingerprint density at radius 2 is 1.67 bits per heavy atom. The number of Topliss-reactive ketones (excluding diaryl/α,β-unsaturated/α-hetero) is 2. The van der Waals surface area contributed by atoms with Gasteiger partial charge in [0.05, 0.1) is 5.57 Å². The van der Waals surface area contributed by atoms with Gasteiger partial charge in [-0.05, 0) is 49.7 Å². The molecule has 0 aliphatic heterocycles. The fraction of sp³-hybridized carbons (Fsp3) is 0.364. The average Bonchev–Trinajstić information content (AvgIpc) is 2.78. The van der Waals surface area contributed by atoms with Crippen molar-refractivity contribution in [3.05, 3.63) is 69.8 Å². The third-order valence-corrected chi connectivity index (χ3v) is 5.31. The van der Waals surface area contributed by atoms with E-state index in [4.69, 9.17) is 0 Å². The van der Waals surface area contributed by atoms with Crippen molar-refractivity contribution in [2.45, 2.75) is 47.0 Å². The molecule has 1 aromatic rings. The van der Waals surface area contributed by atoms with Crippen LogP contribution < -0.4 is 0 Å². The first-order valence-corrected chi connectivity index (χ1v) is 8.60. The molecule has 0 saturated carbocycles. The average molecular weight is 320 g/mol. The Kier molecular flexibility index (Phi) is 4.16. The molecule has 0 heterocycles. The van der Waals surface area contributed by atoms with Crippen LogP contribution in [0.5, 0.6) is 0 Å². The molecule has 0 spiro atoms. The Bertz CT molecular complexity index is 779. The van der Waals surface area contributed by atoms with E-state index in [2.05, 4.69) is 26.8 Å². The summed E-state index contributed by atoms with van der Waals surface area (Å²) in [5.74, 6) is -0.294. The highest BCUT2D eigenvalue weighted by molar-refractivity contribution is 6.39. The van der Waals surface area contributed by atoms with Crippen LogP contribution in [0.25, 0.3) is 0 Å². The van der Waals surface area contributed by atoms with Crippen LogP contribution in [0.15, 0.2) is 58.7 Å². The Hall–Kier alpha value is -2.22. The fourth-order valence-electron chi connectivity index (χ4n) is 3.91. The van der Waals surface area contributed by atoms with Crippen LogP contribution in [0.4, 0.5) is 0 Å². The predicted molar refractivity (Wildman–Crippen MR) is 97.3 cm³/mol. The molecule has 0 amide bonds. The number of carbonyl (C=O) groups is 2. The van der Waals surface area contributed by atoms with Crippen molar-refractivity contribution in [2.24, 2.45) is 5.41 Å². The molecule has 2 heteroatoms. The molecule has 0 radical (unpaired) electrons. The molecule has 2 aliphatic carbocycles. The third kappa shape index (κ3) is 2.71. The van der Waals surface area contributed by atoms with Crippen molar-refractivity contribution < 1.29 is 9.59 Å². The van der Waals surface area contributed by atoms with Gasteiger partial charge in [0.1, 0.15) is 0 Å². The van der Waals surface area contributed by atoms with Gasteiger partial charge >= 0.3 is 0 Å². The topological polar surface area (TPSA) is 34.1 Å². The first kappa shape index (κ1) is 16.6. The summed E-state index contributed by atoms with van der Waals surface area (Å²) in [6.45, 7) is 8.57. The summed E-state index contributed by atoms with van der Waals surface area (Å²) in [6.07, 6.45) is 7.58. The minimum atomic E-state index is -0.147. The van der Waals surface area contributed by atoms with E-state index in [9.17, 15) is 9.59 Å². The maximum atomic E-state index is 12.6. The summed E-state index contributed by atoms with van der Waals surface area (Å²) >= 11 is 0. The van der Waals surface area contributed by atoms with Gasteiger partial charge < -0.3 is 0 Å². The normalized spacial score (nSPS) is 20.1. The van der Waals surface area contributed by atoms with E-state index >= 15 is 0 Å². The van der Waals surface area contributed by atoms with E-state index in [-0.39, 0.29) is 17.0 Å². The van der Waals surface area contributed by atoms with Gasteiger partial charge in [-0.3, -0.25) is 9.59 Å². The molecule has 0 unspecified atom stereocenters. The highest BCUT2D eigenvalue weighted by Gasteiger charge is 2.34. The number of carbonyl (C=O) groups excluding carboxylic acids is 2. The third-order valence-electron chi connectivity index (χ3n) is 5.31. The second-order valence-electron chi connectivity index (χ2n) is 7.53. The van der Waals surface area contributed by atoms with Gasteiger partial charge in [-0.25, -0.2) is 0 Å². The lowest BCUT2D eigenvalue weighted by molar-refractivity contribution is 0.0987. The molecule has 0 fully saturated rings. The van der Waals surface area contributed by atoms with Crippen LogP contribution >= 0.6 is 0 Å². The number of allylic oxidation sites excluding steroid dienone is 6. The van der Waals surface area contributed by atoms with E-state index < -0.39 is 0 Å². The number of fused-ring (bicyclic) bond motifs is 1. The van der Waals surface area contributed by atoms with Crippen LogP contribution in [-0.4, -0.2) is 11.6 Å². The number of rotatable bonds is 2. The summed E-state index contributed by atoms with van der Waals surface area (Å²) in [7, 11) is 0. The lowest BCUT2D eigenvalue weighted by Crippen LogP contribution is -2.19. The van der Waals surface area contributed by atoms with E-state index in [1.807, 2.05) is 13.0 Å². The van der Waals surface area contributed by atoms with Crippen molar-refractivity contribution in [1.29, 1.82) is 0 Å². The van der Waals surface area contributed by atoms with E-state index in [0.29, 0.717) is 16.7 Å².